The second-order valence-corrected chi connectivity index (χ2v) is 17.1. The number of nitrogens with zero attached hydrogens (tertiary/aromatic N) is 6. The number of pyridine rings is 2. The highest BCUT2D eigenvalue weighted by molar-refractivity contribution is 9.10. The van der Waals surface area contributed by atoms with E-state index in [9.17, 15) is 9.59 Å². The summed E-state index contributed by atoms with van der Waals surface area (Å²) in [6.07, 6.45) is 3.77. The Bertz CT molecular complexity index is 2860. The molecule has 1 aliphatic rings. The molecule has 2 amide bonds. The number of rotatable bonds is 8. The molecule has 62 heavy (non-hydrogen) atoms. The van der Waals surface area contributed by atoms with Crippen LogP contribution in [-0.4, -0.2) is 59.7 Å². The second kappa shape index (κ2) is 18.2. The van der Waals surface area contributed by atoms with Crippen molar-refractivity contribution in [3.05, 3.63) is 172 Å². The van der Waals surface area contributed by atoms with Crippen LogP contribution in [0.3, 0.4) is 0 Å². The topological polar surface area (TPSA) is 166 Å². The van der Waals surface area contributed by atoms with E-state index < -0.39 is 11.8 Å². The van der Waals surface area contributed by atoms with Crippen molar-refractivity contribution in [2.45, 2.75) is 65.8 Å². The molecule has 0 unspecified atom stereocenters. The highest BCUT2D eigenvalue weighted by atomic mass is 79.9. The standard InChI is InChI=1S/C21H25BN2O2.C21H18N4O.C6H5BrN2O/c1-15-6-8-16(9-7-15)14-24-19-11-10-18(12-17(19)13-23-24)22-25-20(2,3)21(4,5)26-22;1-14-5-7-15(8-6-14)13-25-20-10-9-16(11-17(20)12-23-25)18-3-2-4-19(24-18)21(22)26;7-5-3-1-2-4(9-5)6(8)10/h6-13H,14H2,1-5H3;2-12H,13H2,1H3,(H2,22,26);1-3H,(H2,8,10). The molecule has 0 atom stereocenters. The first-order chi connectivity index (χ1) is 29.5. The van der Waals surface area contributed by atoms with E-state index in [2.05, 4.69) is 144 Å². The predicted molar refractivity (Wildman–Crippen MR) is 248 cm³/mol. The van der Waals surface area contributed by atoms with Crippen LogP contribution < -0.4 is 16.9 Å². The number of aryl methyl sites for hydroxylation is 2. The molecular weight excluding hydrogens is 843 g/mol. The minimum atomic E-state index is -0.529. The summed E-state index contributed by atoms with van der Waals surface area (Å²) in [5, 5.41) is 11.2. The maximum Gasteiger partial charge on any atom is 0.494 e. The van der Waals surface area contributed by atoms with Crippen LogP contribution in [0, 0.1) is 13.8 Å². The molecule has 0 bridgehead atoms. The number of benzene rings is 4. The normalized spacial score (nSPS) is 13.9. The molecule has 8 aromatic rings. The maximum atomic E-state index is 11.3. The van der Waals surface area contributed by atoms with Crippen molar-refractivity contribution in [1.29, 1.82) is 0 Å². The van der Waals surface area contributed by atoms with E-state index in [0.29, 0.717) is 4.60 Å². The Kier molecular flexibility index (Phi) is 12.8. The summed E-state index contributed by atoms with van der Waals surface area (Å²) in [6.45, 7) is 14.0. The van der Waals surface area contributed by atoms with Crippen molar-refractivity contribution in [3.63, 3.8) is 0 Å². The summed E-state index contributed by atoms with van der Waals surface area (Å²) in [4.78, 5) is 30.0. The Morgan fingerprint density at radius 1 is 0.629 bits per heavy atom. The second-order valence-electron chi connectivity index (χ2n) is 16.2. The van der Waals surface area contributed by atoms with E-state index in [4.69, 9.17) is 20.8 Å². The molecule has 0 saturated carbocycles. The number of halogens is 1. The van der Waals surface area contributed by atoms with Crippen LogP contribution in [-0.2, 0) is 22.4 Å². The van der Waals surface area contributed by atoms with Gasteiger partial charge in [-0.05, 0) is 117 Å². The number of carbonyl (C=O) groups is 2. The van der Waals surface area contributed by atoms with Crippen molar-refractivity contribution in [2.24, 2.45) is 11.5 Å². The number of primary amides is 2. The van der Waals surface area contributed by atoms with Gasteiger partial charge < -0.3 is 20.8 Å². The molecule has 14 heteroatoms. The van der Waals surface area contributed by atoms with Gasteiger partial charge in [-0.25, -0.2) is 9.97 Å². The Morgan fingerprint density at radius 2 is 1.11 bits per heavy atom. The minimum absolute atomic E-state index is 0.262. The first kappa shape index (κ1) is 43.6. The molecule has 0 aliphatic carbocycles. The highest BCUT2D eigenvalue weighted by Crippen LogP contribution is 2.36. The van der Waals surface area contributed by atoms with E-state index in [1.807, 2.05) is 46.0 Å². The van der Waals surface area contributed by atoms with Crippen molar-refractivity contribution in [3.8, 4) is 11.3 Å². The van der Waals surface area contributed by atoms with Gasteiger partial charge in [0.25, 0.3) is 11.8 Å². The summed E-state index contributed by atoms with van der Waals surface area (Å²) in [7, 11) is -0.343. The van der Waals surface area contributed by atoms with Crippen LogP contribution in [0.5, 0.6) is 0 Å². The third kappa shape index (κ3) is 10.2. The number of hydrogen-bond donors (Lipinski definition) is 2. The van der Waals surface area contributed by atoms with Crippen LogP contribution >= 0.6 is 15.9 Å². The van der Waals surface area contributed by atoms with E-state index >= 15 is 0 Å². The van der Waals surface area contributed by atoms with Gasteiger partial charge in [0.15, 0.2) is 0 Å². The van der Waals surface area contributed by atoms with E-state index in [-0.39, 0.29) is 29.7 Å². The lowest BCUT2D eigenvalue weighted by molar-refractivity contribution is 0.00578. The SMILES string of the molecule is Cc1ccc(Cn2ncc3cc(-c4cccc(C(N)=O)n4)ccc32)cc1.Cc1ccc(Cn2ncc3cc(B4OC(C)(C)C(C)(C)O4)ccc32)cc1.NC(=O)c1cccc(Br)n1. The van der Waals surface area contributed by atoms with Crippen LogP contribution in [0.25, 0.3) is 33.1 Å². The monoisotopic (exact) mass is 890 g/mol. The molecule has 1 aliphatic heterocycles. The average molecular weight is 892 g/mol. The fourth-order valence-electron chi connectivity index (χ4n) is 6.74. The number of carbonyl (C=O) groups excluding carboxylic acids is 2. The van der Waals surface area contributed by atoms with Gasteiger partial charge in [-0.2, -0.15) is 10.2 Å². The molecule has 4 aromatic heterocycles. The van der Waals surface area contributed by atoms with Gasteiger partial charge in [-0.3, -0.25) is 19.0 Å². The molecule has 1 saturated heterocycles. The smallest absolute Gasteiger partial charge is 0.399 e. The average Bonchev–Trinajstić information content (AvgIpc) is 3.91. The summed E-state index contributed by atoms with van der Waals surface area (Å²) >= 11 is 3.11. The molecular formula is C48H48BBrN8O4. The van der Waals surface area contributed by atoms with Crippen LogP contribution in [0.4, 0.5) is 0 Å². The van der Waals surface area contributed by atoms with Gasteiger partial charge in [-0.15, -0.1) is 0 Å². The predicted octanol–water partition coefficient (Wildman–Crippen LogP) is 8.19. The molecule has 9 rings (SSSR count). The van der Waals surface area contributed by atoms with Gasteiger partial charge in [0.1, 0.15) is 16.0 Å². The minimum Gasteiger partial charge on any atom is -0.399 e. The van der Waals surface area contributed by atoms with Crippen LogP contribution in [0.1, 0.15) is 70.9 Å². The van der Waals surface area contributed by atoms with E-state index in [1.54, 1.807) is 30.3 Å². The van der Waals surface area contributed by atoms with Crippen molar-refractivity contribution < 1.29 is 18.9 Å². The third-order valence-corrected chi connectivity index (χ3v) is 11.4. The summed E-state index contributed by atoms with van der Waals surface area (Å²) in [5.74, 6) is -1.04. The van der Waals surface area contributed by atoms with Gasteiger partial charge in [-0.1, -0.05) is 90.0 Å². The quantitative estimate of drug-likeness (QED) is 0.114. The zero-order chi connectivity index (χ0) is 44.2. The van der Waals surface area contributed by atoms with Crippen molar-refractivity contribution in [2.75, 3.05) is 0 Å². The summed E-state index contributed by atoms with van der Waals surface area (Å²) < 4.78 is 17.0. The molecule has 5 heterocycles. The fraction of sp³-hybridized carbons (Fsp3) is 0.208. The number of hydrogen-bond acceptors (Lipinski definition) is 8. The highest BCUT2D eigenvalue weighted by Gasteiger charge is 2.51. The zero-order valence-electron chi connectivity index (χ0n) is 35.5. The molecule has 1 fully saturated rings. The van der Waals surface area contributed by atoms with Gasteiger partial charge >= 0.3 is 7.12 Å². The van der Waals surface area contributed by atoms with E-state index in [0.717, 1.165) is 51.6 Å². The Balaban J connectivity index is 0.000000153. The zero-order valence-corrected chi connectivity index (χ0v) is 37.1. The molecule has 0 radical (unpaired) electrons. The Labute approximate surface area is 369 Å². The van der Waals surface area contributed by atoms with Crippen molar-refractivity contribution in [1.82, 2.24) is 29.5 Å². The number of fused-ring (bicyclic) bond motifs is 2. The van der Waals surface area contributed by atoms with Crippen LogP contribution in [0.15, 0.2) is 138 Å². The lowest BCUT2D eigenvalue weighted by Crippen LogP contribution is -2.41. The molecule has 4 aromatic carbocycles. The van der Waals surface area contributed by atoms with Gasteiger partial charge in [0.2, 0.25) is 0 Å². The molecule has 0 spiro atoms. The van der Waals surface area contributed by atoms with Crippen LogP contribution in [0.2, 0.25) is 0 Å². The molecule has 12 nitrogen and oxygen atoms in total. The largest absolute Gasteiger partial charge is 0.494 e. The first-order valence-corrected chi connectivity index (χ1v) is 20.9. The van der Waals surface area contributed by atoms with Gasteiger partial charge in [0.05, 0.1) is 53.4 Å². The fourth-order valence-corrected chi connectivity index (χ4v) is 7.08. The summed E-state index contributed by atoms with van der Waals surface area (Å²) in [6, 6.07) is 39.7. The first-order valence-electron chi connectivity index (χ1n) is 20.1. The number of aromatic nitrogens is 6. The lowest BCUT2D eigenvalue weighted by Gasteiger charge is -2.32. The number of nitrogens with two attached hydrogens (primary N) is 2. The third-order valence-electron chi connectivity index (χ3n) is 11.0. The molecule has 314 valence electrons. The summed E-state index contributed by atoms with van der Waals surface area (Å²) in [5.41, 5.74) is 20.0. The van der Waals surface area contributed by atoms with Crippen molar-refractivity contribution >= 4 is 62.1 Å². The Hall–Kier alpha value is -6.48. The maximum absolute atomic E-state index is 11.3. The van der Waals surface area contributed by atoms with Gasteiger partial charge in [0, 0.05) is 16.3 Å². The van der Waals surface area contributed by atoms with E-state index in [1.165, 1.54) is 22.3 Å². The molecule has 4 N–H and O–H groups in total. The lowest BCUT2D eigenvalue weighted by atomic mass is 9.79. The number of amides is 2. The Morgan fingerprint density at radius 3 is 1.61 bits per heavy atom.